The van der Waals surface area contributed by atoms with Crippen molar-refractivity contribution in [1.29, 1.82) is 0 Å². The highest BCUT2D eigenvalue weighted by atomic mass is 16.2. The van der Waals surface area contributed by atoms with Crippen molar-refractivity contribution in [2.75, 3.05) is 13.1 Å². The topological polar surface area (TPSA) is 86.4 Å². The number of hydrogen-bond acceptors (Lipinski definition) is 4. The van der Waals surface area contributed by atoms with Crippen LogP contribution in [0.15, 0.2) is 4.79 Å². The second-order valence-corrected chi connectivity index (χ2v) is 8.48. The first-order valence-corrected chi connectivity index (χ1v) is 10.3. The minimum Gasteiger partial charge on any atom is -0.337 e. The van der Waals surface area contributed by atoms with E-state index in [1.165, 1.54) is 0 Å². The van der Waals surface area contributed by atoms with Gasteiger partial charge in [0.2, 0.25) is 11.8 Å². The lowest BCUT2D eigenvalue weighted by atomic mass is 9.99. The first-order chi connectivity index (χ1) is 13.1. The molecule has 0 radical (unpaired) electrons. The standard InChI is InChI=1S/C20H26N4O3/c25-18-14-11-23(19(26)12-4-5-12)10-8-15(14)21-17(22-18)16-3-1-2-9-24(16)20(27)13-6-7-13/h12-13,16H,1-11H2,(H,21,22,25). The van der Waals surface area contributed by atoms with Crippen LogP contribution >= 0.6 is 0 Å². The molecule has 0 bridgehead atoms. The number of carbonyl (C=O) groups is 2. The molecule has 1 unspecified atom stereocenters. The highest BCUT2D eigenvalue weighted by Gasteiger charge is 2.39. The quantitative estimate of drug-likeness (QED) is 0.874. The van der Waals surface area contributed by atoms with E-state index in [0.717, 1.165) is 57.2 Å². The maximum absolute atomic E-state index is 12.8. The second kappa shape index (κ2) is 6.46. The molecule has 2 aliphatic heterocycles. The van der Waals surface area contributed by atoms with Crippen molar-refractivity contribution >= 4 is 11.8 Å². The van der Waals surface area contributed by atoms with Crippen molar-refractivity contribution in [1.82, 2.24) is 19.8 Å². The van der Waals surface area contributed by atoms with Crippen LogP contribution in [0.2, 0.25) is 0 Å². The van der Waals surface area contributed by atoms with Crippen molar-refractivity contribution in [2.24, 2.45) is 11.8 Å². The number of nitrogens with zero attached hydrogens (tertiary/aromatic N) is 3. The Balaban J connectivity index is 1.41. The minimum atomic E-state index is -0.146. The molecule has 1 aromatic rings. The first kappa shape index (κ1) is 17.0. The number of piperidine rings is 1. The predicted octanol–water partition coefficient (Wildman–Crippen LogP) is 1.53. The number of amides is 2. The highest BCUT2D eigenvalue weighted by Crippen LogP contribution is 2.37. The van der Waals surface area contributed by atoms with Crippen molar-refractivity contribution in [3.63, 3.8) is 0 Å². The lowest BCUT2D eigenvalue weighted by Gasteiger charge is -2.36. The summed E-state index contributed by atoms with van der Waals surface area (Å²) in [6.07, 6.45) is 7.46. The Labute approximate surface area is 158 Å². The van der Waals surface area contributed by atoms with Gasteiger partial charge < -0.3 is 14.8 Å². The Hall–Kier alpha value is -2.18. The molecule has 7 nitrogen and oxygen atoms in total. The van der Waals surface area contributed by atoms with Gasteiger partial charge in [0, 0.05) is 31.3 Å². The zero-order valence-electron chi connectivity index (χ0n) is 15.6. The molecular formula is C20H26N4O3. The smallest absolute Gasteiger partial charge is 0.256 e. The molecule has 1 aromatic heterocycles. The minimum absolute atomic E-state index is 0.115. The number of nitrogens with one attached hydrogen (secondary N) is 1. The third-order valence-corrected chi connectivity index (χ3v) is 6.35. The van der Waals surface area contributed by atoms with E-state index in [4.69, 9.17) is 4.98 Å². The summed E-state index contributed by atoms with van der Waals surface area (Å²) in [5.41, 5.74) is 1.28. The summed E-state index contributed by atoms with van der Waals surface area (Å²) >= 11 is 0. The molecule has 3 heterocycles. The van der Waals surface area contributed by atoms with Crippen molar-refractivity contribution < 1.29 is 9.59 Å². The zero-order chi connectivity index (χ0) is 18.5. The number of aromatic amines is 1. The third-order valence-electron chi connectivity index (χ3n) is 6.35. The molecular weight excluding hydrogens is 344 g/mol. The third kappa shape index (κ3) is 3.17. The number of rotatable bonds is 3. The fourth-order valence-corrected chi connectivity index (χ4v) is 4.42. The monoisotopic (exact) mass is 370 g/mol. The van der Waals surface area contributed by atoms with E-state index in [0.29, 0.717) is 30.9 Å². The van der Waals surface area contributed by atoms with E-state index in [2.05, 4.69) is 4.98 Å². The largest absolute Gasteiger partial charge is 0.337 e. The molecule has 3 fully saturated rings. The van der Waals surface area contributed by atoms with E-state index in [1.807, 2.05) is 4.90 Å². The summed E-state index contributed by atoms with van der Waals surface area (Å²) in [7, 11) is 0. The Morgan fingerprint density at radius 1 is 0.963 bits per heavy atom. The number of carbonyl (C=O) groups excluding carboxylic acids is 2. The Bertz CT molecular complexity index is 840. The number of H-pyrrole nitrogens is 1. The predicted molar refractivity (Wildman–Crippen MR) is 97.7 cm³/mol. The van der Waals surface area contributed by atoms with Gasteiger partial charge in [-0.3, -0.25) is 14.4 Å². The molecule has 7 heteroatoms. The van der Waals surface area contributed by atoms with Crippen molar-refractivity contribution in [3.8, 4) is 0 Å². The molecule has 2 amide bonds. The van der Waals surface area contributed by atoms with Crippen molar-refractivity contribution in [2.45, 2.75) is 64.0 Å². The Morgan fingerprint density at radius 3 is 2.44 bits per heavy atom. The summed E-state index contributed by atoms with van der Waals surface area (Å²) in [6.45, 7) is 1.75. The Kier molecular flexibility index (Phi) is 4.06. The molecule has 1 saturated heterocycles. The first-order valence-electron chi connectivity index (χ1n) is 10.3. The van der Waals surface area contributed by atoms with Crippen LogP contribution in [0.3, 0.4) is 0 Å². The van der Waals surface area contributed by atoms with Gasteiger partial charge in [-0.25, -0.2) is 4.98 Å². The van der Waals surface area contributed by atoms with Crippen LogP contribution in [0.25, 0.3) is 0 Å². The molecule has 2 saturated carbocycles. The maximum Gasteiger partial charge on any atom is 0.256 e. The number of fused-ring (bicyclic) bond motifs is 1. The van der Waals surface area contributed by atoms with Gasteiger partial charge in [-0.2, -0.15) is 0 Å². The number of likely N-dealkylation sites (tertiary alicyclic amines) is 1. The van der Waals surface area contributed by atoms with E-state index < -0.39 is 0 Å². The molecule has 2 aliphatic carbocycles. The van der Waals surface area contributed by atoms with Gasteiger partial charge >= 0.3 is 0 Å². The van der Waals surface area contributed by atoms with Gasteiger partial charge in [0.1, 0.15) is 5.82 Å². The molecule has 27 heavy (non-hydrogen) atoms. The second-order valence-electron chi connectivity index (χ2n) is 8.48. The van der Waals surface area contributed by atoms with Gasteiger partial charge in [-0.1, -0.05) is 0 Å². The fraction of sp³-hybridized carbons (Fsp3) is 0.700. The average Bonchev–Trinajstić information content (AvgIpc) is 3.58. The van der Waals surface area contributed by atoms with Gasteiger partial charge in [0.05, 0.1) is 23.8 Å². The van der Waals surface area contributed by atoms with Crippen LogP contribution in [0.5, 0.6) is 0 Å². The molecule has 1 N–H and O–H groups in total. The van der Waals surface area contributed by atoms with Crippen LogP contribution in [-0.4, -0.2) is 44.7 Å². The average molecular weight is 370 g/mol. The van der Waals surface area contributed by atoms with E-state index in [9.17, 15) is 14.4 Å². The zero-order valence-corrected chi connectivity index (χ0v) is 15.6. The molecule has 0 aromatic carbocycles. The lowest BCUT2D eigenvalue weighted by molar-refractivity contribution is -0.137. The van der Waals surface area contributed by atoms with Gasteiger partial charge in [-0.15, -0.1) is 0 Å². The van der Waals surface area contributed by atoms with Crippen LogP contribution in [-0.2, 0) is 22.6 Å². The van der Waals surface area contributed by atoms with Crippen LogP contribution in [0, 0.1) is 11.8 Å². The van der Waals surface area contributed by atoms with Gasteiger partial charge in [0.15, 0.2) is 0 Å². The fourth-order valence-electron chi connectivity index (χ4n) is 4.42. The summed E-state index contributed by atoms with van der Waals surface area (Å²) in [5.74, 6) is 1.38. The Morgan fingerprint density at radius 2 is 1.70 bits per heavy atom. The SMILES string of the molecule is O=C(C1CC1)N1CCc2nc(C3CCCCN3C(=O)C3CC3)[nH]c(=O)c2C1. The summed E-state index contributed by atoms with van der Waals surface area (Å²) < 4.78 is 0. The summed E-state index contributed by atoms with van der Waals surface area (Å²) in [6, 6.07) is -0.115. The van der Waals surface area contributed by atoms with Gasteiger partial charge in [-0.05, 0) is 44.9 Å². The molecule has 4 aliphatic rings. The maximum atomic E-state index is 12.8. The molecule has 0 spiro atoms. The van der Waals surface area contributed by atoms with Crippen molar-refractivity contribution in [3.05, 3.63) is 27.4 Å². The lowest BCUT2D eigenvalue weighted by Crippen LogP contribution is -2.43. The molecule has 5 rings (SSSR count). The van der Waals surface area contributed by atoms with E-state index >= 15 is 0 Å². The van der Waals surface area contributed by atoms with Crippen LogP contribution < -0.4 is 5.56 Å². The van der Waals surface area contributed by atoms with Gasteiger partial charge in [0.25, 0.3) is 5.56 Å². The molecule has 1 atom stereocenters. The van der Waals surface area contributed by atoms with E-state index in [-0.39, 0.29) is 35.3 Å². The van der Waals surface area contributed by atoms with Crippen LogP contribution in [0.1, 0.15) is 68.1 Å². The van der Waals surface area contributed by atoms with Crippen LogP contribution in [0.4, 0.5) is 0 Å². The molecule has 144 valence electrons. The summed E-state index contributed by atoms with van der Waals surface area (Å²) in [4.78, 5) is 49.2. The summed E-state index contributed by atoms with van der Waals surface area (Å²) in [5, 5.41) is 0. The normalized spacial score (nSPS) is 25.3. The highest BCUT2D eigenvalue weighted by molar-refractivity contribution is 5.82. The van der Waals surface area contributed by atoms with E-state index in [1.54, 1.807) is 4.90 Å². The number of aromatic nitrogens is 2. The number of hydrogen-bond donors (Lipinski definition) is 1.